The van der Waals surface area contributed by atoms with Gasteiger partial charge >= 0.3 is 0 Å². The van der Waals surface area contributed by atoms with Gasteiger partial charge in [0.05, 0.1) is 11.5 Å². The van der Waals surface area contributed by atoms with Crippen LogP contribution in [0.4, 0.5) is 0 Å². The lowest BCUT2D eigenvalue weighted by Crippen LogP contribution is -2.22. The molecule has 6 heteroatoms. The first-order valence-electron chi connectivity index (χ1n) is 7.82. The predicted octanol–water partition coefficient (Wildman–Crippen LogP) is 3.23. The van der Waals surface area contributed by atoms with E-state index in [4.69, 9.17) is 4.74 Å². The quantitative estimate of drug-likeness (QED) is 0.562. The third-order valence-corrected chi connectivity index (χ3v) is 5.36. The third kappa shape index (κ3) is 4.78. The normalized spacial score (nSPS) is 11.8. The summed E-state index contributed by atoms with van der Waals surface area (Å²) >= 11 is 0. The maximum Gasteiger partial charge on any atom is 0.242 e. The SMILES string of the molecule is CCOc1ccc(C=CC(=O)c2ccc(S(=O)(=O)N(C)C)cc2)cc1. The molecule has 5 nitrogen and oxygen atoms in total. The molecular formula is C19H21NO4S. The summed E-state index contributed by atoms with van der Waals surface area (Å²) in [6.07, 6.45) is 3.17. The van der Waals surface area contributed by atoms with Crippen molar-refractivity contribution in [3.05, 3.63) is 65.7 Å². The number of nitrogens with zero attached hydrogens (tertiary/aromatic N) is 1. The van der Waals surface area contributed by atoms with Gasteiger partial charge in [0.25, 0.3) is 0 Å². The van der Waals surface area contributed by atoms with Gasteiger partial charge in [0, 0.05) is 19.7 Å². The van der Waals surface area contributed by atoms with Crippen molar-refractivity contribution < 1.29 is 17.9 Å². The van der Waals surface area contributed by atoms with Crippen LogP contribution in [-0.4, -0.2) is 39.2 Å². The van der Waals surface area contributed by atoms with Crippen LogP contribution >= 0.6 is 0 Å². The largest absolute Gasteiger partial charge is 0.494 e. The standard InChI is InChI=1S/C19H21NO4S/c1-4-24-17-10-5-15(6-11-17)7-14-19(21)16-8-12-18(13-9-16)25(22,23)20(2)3/h5-14H,4H2,1-3H3. The Morgan fingerprint density at radius 1 is 1.04 bits per heavy atom. The summed E-state index contributed by atoms with van der Waals surface area (Å²) in [7, 11) is -0.559. The van der Waals surface area contributed by atoms with Gasteiger partial charge in [-0.15, -0.1) is 0 Å². The molecule has 0 N–H and O–H groups in total. The predicted molar refractivity (Wildman–Crippen MR) is 98.3 cm³/mol. The zero-order chi connectivity index (χ0) is 18.4. The number of carbonyl (C=O) groups is 1. The molecule has 0 aliphatic rings. The Balaban J connectivity index is 2.10. The first-order valence-corrected chi connectivity index (χ1v) is 9.26. The molecule has 0 bridgehead atoms. The molecule has 0 saturated heterocycles. The van der Waals surface area contributed by atoms with Crippen LogP contribution in [0.3, 0.4) is 0 Å². The molecule has 0 aromatic heterocycles. The van der Waals surface area contributed by atoms with E-state index >= 15 is 0 Å². The maximum atomic E-state index is 12.2. The van der Waals surface area contributed by atoms with Crippen molar-refractivity contribution in [3.63, 3.8) is 0 Å². The van der Waals surface area contributed by atoms with E-state index in [1.165, 1.54) is 44.4 Å². The number of rotatable bonds is 7. The number of ketones is 1. The van der Waals surface area contributed by atoms with Gasteiger partial charge in [0.15, 0.2) is 5.78 Å². The second-order valence-corrected chi connectivity index (χ2v) is 7.66. The molecule has 132 valence electrons. The number of hydrogen-bond acceptors (Lipinski definition) is 4. The van der Waals surface area contributed by atoms with Crippen molar-refractivity contribution in [3.8, 4) is 5.75 Å². The smallest absolute Gasteiger partial charge is 0.242 e. The molecular weight excluding hydrogens is 338 g/mol. The van der Waals surface area contributed by atoms with E-state index in [9.17, 15) is 13.2 Å². The summed E-state index contributed by atoms with van der Waals surface area (Å²) in [5.74, 6) is 0.589. The van der Waals surface area contributed by atoms with Crippen LogP contribution in [0.5, 0.6) is 5.75 Å². The summed E-state index contributed by atoms with van der Waals surface area (Å²) in [5.41, 5.74) is 1.31. The minimum Gasteiger partial charge on any atom is -0.494 e. The third-order valence-electron chi connectivity index (χ3n) is 3.54. The van der Waals surface area contributed by atoms with E-state index < -0.39 is 10.0 Å². The second kappa shape index (κ2) is 8.09. The van der Waals surface area contributed by atoms with Gasteiger partial charge in [-0.25, -0.2) is 12.7 Å². The molecule has 0 aliphatic carbocycles. The summed E-state index contributed by atoms with van der Waals surface area (Å²) < 4.78 is 30.5. The Labute approximate surface area is 148 Å². The zero-order valence-corrected chi connectivity index (χ0v) is 15.3. The summed E-state index contributed by atoms with van der Waals surface area (Å²) in [6, 6.07) is 13.3. The van der Waals surface area contributed by atoms with Gasteiger partial charge in [0.2, 0.25) is 10.0 Å². The molecule has 2 aromatic rings. The summed E-state index contributed by atoms with van der Waals surface area (Å²) in [6.45, 7) is 2.52. The highest BCUT2D eigenvalue weighted by Crippen LogP contribution is 2.16. The van der Waals surface area contributed by atoms with E-state index in [1.54, 1.807) is 6.08 Å². The first kappa shape index (κ1) is 18.9. The monoisotopic (exact) mass is 359 g/mol. The van der Waals surface area contributed by atoms with Crippen LogP contribution in [0.15, 0.2) is 59.5 Å². The molecule has 2 aromatic carbocycles. The number of benzene rings is 2. The molecule has 2 rings (SSSR count). The highest BCUT2D eigenvalue weighted by atomic mass is 32.2. The number of sulfonamides is 1. The molecule has 0 spiro atoms. The second-order valence-electron chi connectivity index (χ2n) is 5.51. The fourth-order valence-electron chi connectivity index (χ4n) is 2.11. The van der Waals surface area contributed by atoms with Crippen molar-refractivity contribution in [1.29, 1.82) is 0 Å². The topological polar surface area (TPSA) is 63.7 Å². The van der Waals surface area contributed by atoms with E-state index in [0.717, 1.165) is 15.6 Å². The lowest BCUT2D eigenvalue weighted by Gasteiger charge is -2.11. The maximum absolute atomic E-state index is 12.2. The van der Waals surface area contributed by atoms with Crippen LogP contribution in [-0.2, 0) is 10.0 Å². The van der Waals surface area contributed by atoms with Gasteiger partial charge in [-0.3, -0.25) is 4.79 Å². The fraction of sp³-hybridized carbons (Fsp3) is 0.211. The Hall–Kier alpha value is -2.44. The van der Waals surface area contributed by atoms with Gasteiger partial charge in [-0.2, -0.15) is 0 Å². The van der Waals surface area contributed by atoms with Crippen LogP contribution in [0.25, 0.3) is 6.08 Å². The highest BCUT2D eigenvalue weighted by Gasteiger charge is 2.17. The van der Waals surface area contributed by atoms with Crippen LogP contribution < -0.4 is 4.74 Å². The van der Waals surface area contributed by atoms with Crippen molar-refractivity contribution >= 4 is 21.9 Å². The average Bonchev–Trinajstić information content (AvgIpc) is 2.61. The molecule has 25 heavy (non-hydrogen) atoms. The van der Waals surface area contributed by atoms with Crippen LogP contribution in [0.1, 0.15) is 22.8 Å². The van der Waals surface area contributed by atoms with E-state index in [2.05, 4.69) is 0 Å². The Morgan fingerprint density at radius 2 is 1.64 bits per heavy atom. The molecule has 0 heterocycles. The van der Waals surface area contributed by atoms with Crippen LogP contribution in [0.2, 0.25) is 0 Å². The molecule has 0 unspecified atom stereocenters. The minimum atomic E-state index is -3.49. The van der Waals surface area contributed by atoms with Gasteiger partial charge < -0.3 is 4.74 Å². The molecule has 0 aliphatic heterocycles. The summed E-state index contributed by atoms with van der Waals surface area (Å²) in [4.78, 5) is 12.4. The molecule has 0 radical (unpaired) electrons. The molecule has 0 fully saturated rings. The fourth-order valence-corrected chi connectivity index (χ4v) is 3.01. The Morgan fingerprint density at radius 3 is 2.16 bits per heavy atom. The molecule has 0 saturated carbocycles. The first-order chi connectivity index (χ1) is 11.8. The average molecular weight is 359 g/mol. The van der Waals surface area contributed by atoms with Gasteiger partial charge in [0.1, 0.15) is 5.75 Å². The van der Waals surface area contributed by atoms with Crippen molar-refractivity contribution in [2.45, 2.75) is 11.8 Å². The number of allylic oxidation sites excluding steroid dienone is 1. The Bertz CT molecular complexity index is 851. The van der Waals surface area contributed by atoms with Crippen LogP contribution in [0, 0.1) is 0 Å². The molecule has 0 atom stereocenters. The van der Waals surface area contributed by atoms with Gasteiger partial charge in [-0.1, -0.05) is 18.2 Å². The van der Waals surface area contributed by atoms with E-state index in [-0.39, 0.29) is 10.7 Å². The molecule has 0 amide bonds. The number of carbonyl (C=O) groups excluding carboxylic acids is 1. The minimum absolute atomic E-state index is 0.157. The zero-order valence-electron chi connectivity index (χ0n) is 14.5. The van der Waals surface area contributed by atoms with E-state index in [1.807, 2.05) is 31.2 Å². The van der Waals surface area contributed by atoms with Crippen molar-refractivity contribution in [2.75, 3.05) is 20.7 Å². The lowest BCUT2D eigenvalue weighted by atomic mass is 10.1. The Kier molecular flexibility index (Phi) is 6.12. The number of ether oxygens (including phenoxy) is 1. The van der Waals surface area contributed by atoms with Gasteiger partial charge in [-0.05, 0) is 55.0 Å². The summed E-state index contributed by atoms with van der Waals surface area (Å²) in [5, 5.41) is 0. The lowest BCUT2D eigenvalue weighted by molar-refractivity contribution is 0.104. The van der Waals surface area contributed by atoms with Crippen molar-refractivity contribution in [1.82, 2.24) is 4.31 Å². The number of hydrogen-bond donors (Lipinski definition) is 0. The van der Waals surface area contributed by atoms with E-state index in [0.29, 0.717) is 12.2 Å². The highest BCUT2D eigenvalue weighted by molar-refractivity contribution is 7.89. The van der Waals surface area contributed by atoms with Crippen molar-refractivity contribution in [2.24, 2.45) is 0 Å².